The number of carbonyl (C=O) groups excluding carboxylic acids is 2. The molecule has 0 spiro atoms. The number of hydrogen-bond acceptors (Lipinski definition) is 5. The van der Waals surface area contributed by atoms with E-state index >= 15 is 0 Å². The highest BCUT2D eigenvalue weighted by Gasteiger charge is 2.67. The zero-order valence-electron chi connectivity index (χ0n) is 23.5. The molecule has 1 fully saturated rings. The first-order valence-electron chi connectivity index (χ1n) is 13.9. The van der Waals surface area contributed by atoms with Gasteiger partial charge in [0.05, 0.1) is 18.6 Å². The summed E-state index contributed by atoms with van der Waals surface area (Å²) in [4.78, 5) is 29.0. The maximum atomic E-state index is 14.8. The fourth-order valence-electron chi connectivity index (χ4n) is 6.47. The third-order valence-corrected chi connectivity index (χ3v) is 9.47. The number of hydrogen-bond donors (Lipinski definition) is 1. The monoisotopic (exact) mass is 665 g/mol. The summed E-state index contributed by atoms with van der Waals surface area (Å²) in [7, 11) is 0. The number of rotatable bonds is 7. The maximum Gasteiger partial charge on any atom is 0.327 e. The van der Waals surface area contributed by atoms with E-state index in [2.05, 4.69) is 6.07 Å². The van der Waals surface area contributed by atoms with Crippen LogP contribution in [0.2, 0.25) is 20.1 Å². The number of aliphatic hydroxyl groups is 1. The average molecular weight is 667 g/mol. The van der Waals surface area contributed by atoms with E-state index in [-0.39, 0.29) is 18.6 Å². The molecule has 0 aromatic heterocycles. The van der Waals surface area contributed by atoms with Gasteiger partial charge in [-0.3, -0.25) is 9.59 Å². The van der Waals surface area contributed by atoms with Crippen LogP contribution in [0.1, 0.15) is 52.2 Å². The van der Waals surface area contributed by atoms with Crippen LogP contribution in [-0.2, 0) is 15.1 Å². The minimum absolute atomic E-state index is 0.000187. The van der Waals surface area contributed by atoms with E-state index in [0.717, 1.165) is 0 Å². The molecule has 5 rings (SSSR count). The molecule has 0 radical (unpaired) electrons. The molecule has 44 heavy (non-hydrogen) atoms. The third kappa shape index (κ3) is 5.74. The van der Waals surface area contributed by atoms with Crippen LogP contribution in [0.15, 0.2) is 97.1 Å². The SMILES string of the molecule is CCOC(=O)C1(C#N)C(c2ccc(Cl)cc2)CC(O)(c2ccc(Cl)cc2)C(C(=O)c2ccc(Cl)cc2)C1c1ccc(Cl)cc1. The van der Waals surface area contributed by atoms with E-state index in [1.165, 1.54) is 0 Å². The summed E-state index contributed by atoms with van der Waals surface area (Å²) < 4.78 is 5.62. The van der Waals surface area contributed by atoms with Gasteiger partial charge in [0.2, 0.25) is 0 Å². The van der Waals surface area contributed by atoms with Crippen molar-refractivity contribution in [1.29, 1.82) is 5.26 Å². The number of carbonyl (C=O) groups is 2. The van der Waals surface area contributed by atoms with E-state index in [4.69, 9.17) is 51.1 Å². The molecule has 1 aliphatic carbocycles. The Morgan fingerprint density at radius 3 is 1.73 bits per heavy atom. The molecule has 1 N–H and O–H groups in total. The lowest BCUT2D eigenvalue weighted by Crippen LogP contribution is -2.59. The highest BCUT2D eigenvalue weighted by Crippen LogP contribution is 2.64. The van der Waals surface area contributed by atoms with Gasteiger partial charge in [0, 0.05) is 37.5 Å². The Hall–Kier alpha value is -3.37. The van der Waals surface area contributed by atoms with Crippen molar-refractivity contribution in [2.45, 2.75) is 30.8 Å². The molecule has 4 aromatic carbocycles. The lowest BCUT2D eigenvalue weighted by molar-refractivity contribution is -0.164. The van der Waals surface area contributed by atoms with Crippen LogP contribution in [0.3, 0.4) is 0 Å². The molecule has 4 aromatic rings. The summed E-state index contributed by atoms with van der Waals surface area (Å²) in [5.74, 6) is -4.73. The molecular formula is C35H27Cl4NO4. The molecule has 0 bridgehead atoms. The Bertz CT molecular complexity index is 1700. The highest BCUT2D eigenvalue weighted by molar-refractivity contribution is 6.31. The summed E-state index contributed by atoms with van der Waals surface area (Å²) in [5.41, 5.74) is -2.14. The van der Waals surface area contributed by atoms with Crippen molar-refractivity contribution in [3.05, 3.63) is 139 Å². The number of ether oxygens (including phenoxy) is 1. The first-order valence-corrected chi connectivity index (χ1v) is 15.4. The Labute approximate surface area is 275 Å². The molecular weight excluding hydrogens is 640 g/mol. The summed E-state index contributed by atoms with van der Waals surface area (Å²) in [6, 6.07) is 28.6. The van der Waals surface area contributed by atoms with E-state index in [9.17, 15) is 20.0 Å². The van der Waals surface area contributed by atoms with Gasteiger partial charge in [-0.25, -0.2) is 0 Å². The van der Waals surface area contributed by atoms with Crippen LogP contribution in [-0.4, -0.2) is 23.5 Å². The summed E-state index contributed by atoms with van der Waals surface area (Å²) in [5, 5.41) is 25.9. The summed E-state index contributed by atoms with van der Waals surface area (Å²) >= 11 is 24.9. The number of Topliss-reactive ketones (excluding diaryl/α,β-unsaturated/α-hetero) is 1. The van der Waals surface area contributed by atoms with Crippen molar-refractivity contribution >= 4 is 58.2 Å². The van der Waals surface area contributed by atoms with Crippen LogP contribution in [0.4, 0.5) is 0 Å². The zero-order valence-corrected chi connectivity index (χ0v) is 26.5. The van der Waals surface area contributed by atoms with Gasteiger partial charge in [0.1, 0.15) is 5.60 Å². The van der Waals surface area contributed by atoms with Crippen molar-refractivity contribution in [3.8, 4) is 6.07 Å². The van der Waals surface area contributed by atoms with Gasteiger partial charge in [-0.05, 0) is 90.7 Å². The number of nitrogens with zero attached hydrogens (tertiary/aromatic N) is 1. The average Bonchev–Trinajstić information content (AvgIpc) is 3.02. The number of ketones is 1. The number of nitriles is 1. The quantitative estimate of drug-likeness (QED) is 0.157. The molecule has 0 heterocycles. The number of benzene rings is 4. The number of halogens is 4. The Balaban J connectivity index is 1.89. The summed E-state index contributed by atoms with van der Waals surface area (Å²) in [6.07, 6.45) is -0.170. The van der Waals surface area contributed by atoms with Gasteiger partial charge in [-0.15, -0.1) is 0 Å². The van der Waals surface area contributed by atoms with Crippen LogP contribution < -0.4 is 0 Å². The Morgan fingerprint density at radius 1 is 0.795 bits per heavy atom. The molecule has 0 amide bonds. The second-order valence-corrected chi connectivity index (χ2v) is 12.6. The predicted octanol–water partition coefficient (Wildman–Crippen LogP) is 9.03. The lowest BCUT2D eigenvalue weighted by atomic mass is 9.47. The predicted molar refractivity (Wildman–Crippen MR) is 172 cm³/mol. The molecule has 5 unspecified atom stereocenters. The van der Waals surface area contributed by atoms with E-state index < -0.39 is 40.5 Å². The zero-order chi connectivity index (χ0) is 31.6. The molecule has 224 valence electrons. The van der Waals surface area contributed by atoms with Crippen molar-refractivity contribution in [1.82, 2.24) is 0 Å². The maximum absolute atomic E-state index is 14.8. The fraction of sp³-hybridized carbons (Fsp3) is 0.229. The molecule has 1 aliphatic rings. The van der Waals surface area contributed by atoms with Crippen molar-refractivity contribution in [3.63, 3.8) is 0 Å². The second-order valence-electron chi connectivity index (χ2n) is 10.8. The van der Waals surface area contributed by atoms with Crippen LogP contribution in [0.5, 0.6) is 0 Å². The normalized spacial score (nSPS) is 24.7. The van der Waals surface area contributed by atoms with E-state index in [0.29, 0.717) is 36.8 Å². The van der Waals surface area contributed by atoms with Gasteiger partial charge in [-0.1, -0.05) is 82.8 Å². The largest absolute Gasteiger partial charge is 0.465 e. The standard InChI is InChI=1S/C35H27Cl4NO4/c1-2-44-33(42)34(20-40)29(21-3-11-25(36)12-4-21)19-35(43,24-9-17-28(39)18-10-24)31(30(34)22-5-13-26(37)14-6-22)32(41)23-7-15-27(38)16-8-23/h3-18,29-31,43H,2,19H2,1H3. The highest BCUT2D eigenvalue weighted by atomic mass is 35.5. The van der Waals surface area contributed by atoms with Crippen LogP contribution in [0.25, 0.3) is 0 Å². The van der Waals surface area contributed by atoms with Crippen molar-refractivity contribution in [2.24, 2.45) is 11.3 Å². The first-order chi connectivity index (χ1) is 21.0. The molecule has 1 saturated carbocycles. The van der Waals surface area contributed by atoms with Gasteiger partial charge in [0.25, 0.3) is 0 Å². The lowest BCUT2D eigenvalue weighted by Gasteiger charge is -2.54. The van der Waals surface area contributed by atoms with Crippen LogP contribution in [0, 0.1) is 22.7 Å². The number of esters is 1. The molecule has 5 nitrogen and oxygen atoms in total. The van der Waals surface area contributed by atoms with E-state index in [1.54, 1.807) is 104 Å². The smallest absolute Gasteiger partial charge is 0.327 e. The second kappa shape index (κ2) is 12.9. The molecule has 0 saturated heterocycles. The topological polar surface area (TPSA) is 87.4 Å². The first kappa shape index (κ1) is 32.0. The fourth-order valence-corrected chi connectivity index (χ4v) is 6.97. The minimum atomic E-state index is -1.96. The van der Waals surface area contributed by atoms with Crippen molar-refractivity contribution in [2.75, 3.05) is 6.61 Å². The molecule has 9 heteroatoms. The Kier molecular flexibility index (Phi) is 9.41. The summed E-state index contributed by atoms with van der Waals surface area (Å²) in [6.45, 7) is 1.65. The van der Waals surface area contributed by atoms with Gasteiger partial charge in [0.15, 0.2) is 11.2 Å². The third-order valence-electron chi connectivity index (χ3n) is 8.46. The Morgan fingerprint density at radius 2 is 1.25 bits per heavy atom. The van der Waals surface area contributed by atoms with Gasteiger partial charge < -0.3 is 9.84 Å². The van der Waals surface area contributed by atoms with Gasteiger partial charge >= 0.3 is 5.97 Å². The van der Waals surface area contributed by atoms with Gasteiger partial charge in [-0.2, -0.15) is 5.26 Å². The minimum Gasteiger partial charge on any atom is -0.465 e. The molecule has 0 aliphatic heterocycles. The van der Waals surface area contributed by atoms with Crippen LogP contribution >= 0.6 is 46.4 Å². The molecule has 5 atom stereocenters. The van der Waals surface area contributed by atoms with E-state index in [1.807, 2.05) is 0 Å². The van der Waals surface area contributed by atoms with Crippen molar-refractivity contribution < 1.29 is 19.4 Å².